The van der Waals surface area contributed by atoms with Crippen LogP contribution in [0.25, 0.3) is 0 Å². The van der Waals surface area contributed by atoms with Crippen LogP contribution in [0.5, 0.6) is 0 Å². The Labute approximate surface area is 177 Å². The molecule has 0 saturated heterocycles. The highest BCUT2D eigenvalue weighted by Crippen LogP contribution is 2.26. The van der Waals surface area contributed by atoms with Crippen LogP contribution in [0.3, 0.4) is 0 Å². The van der Waals surface area contributed by atoms with Gasteiger partial charge in [0.05, 0.1) is 6.04 Å². The third-order valence-corrected chi connectivity index (χ3v) is 5.82. The highest BCUT2D eigenvalue weighted by atomic mass is 32.1. The second kappa shape index (κ2) is 8.83. The van der Waals surface area contributed by atoms with Gasteiger partial charge >= 0.3 is 0 Å². The maximum absolute atomic E-state index is 12.7. The van der Waals surface area contributed by atoms with E-state index in [1.165, 1.54) is 16.7 Å². The van der Waals surface area contributed by atoms with Crippen LogP contribution in [0.4, 0.5) is 0 Å². The largest absolute Gasteiger partial charge is 0.456 e. The molecule has 1 amide bonds. The number of nitrogens with one attached hydrogen (secondary N) is 1. The van der Waals surface area contributed by atoms with E-state index in [4.69, 9.17) is 4.42 Å². The van der Waals surface area contributed by atoms with E-state index in [1.54, 1.807) is 17.4 Å². The number of thiophene rings is 1. The minimum Gasteiger partial charge on any atom is -0.456 e. The molecule has 0 aliphatic heterocycles. The van der Waals surface area contributed by atoms with Gasteiger partial charge in [0, 0.05) is 6.42 Å². The fourth-order valence-corrected chi connectivity index (χ4v) is 3.97. The zero-order valence-corrected chi connectivity index (χ0v) is 18.4. The maximum Gasteiger partial charge on any atom is 0.287 e. The lowest BCUT2D eigenvalue weighted by atomic mass is 9.85. The van der Waals surface area contributed by atoms with E-state index in [0.29, 0.717) is 18.6 Å². The van der Waals surface area contributed by atoms with E-state index in [-0.39, 0.29) is 17.4 Å². The van der Waals surface area contributed by atoms with Gasteiger partial charge in [-0.2, -0.15) is 11.3 Å². The second-order valence-electron chi connectivity index (χ2n) is 8.44. The molecule has 0 fully saturated rings. The number of hydrogen-bond acceptors (Lipinski definition) is 3. The monoisotopic (exact) mass is 407 g/mol. The molecule has 4 heteroatoms. The average Bonchev–Trinajstić information content (AvgIpc) is 3.34. The number of amides is 1. The molecule has 0 bridgehead atoms. The van der Waals surface area contributed by atoms with Crippen LogP contribution in [0.1, 0.15) is 71.8 Å². The predicted molar refractivity (Wildman–Crippen MR) is 121 cm³/mol. The first-order valence-corrected chi connectivity index (χ1v) is 10.8. The van der Waals surface area contributed by atoms with Crippen LogP contribution < -0.4 is 5.32 Å². The summed E-state index contributed by atoms with van der Waals surface area (Å²) in [6.07, 6.45) is 3.17. The van der Waals surface area contributed by atoms with Crippen molar-refractivity contribution in [2.45, 2.75) is 52.0 Å². The first-order chi connectivity index (χ1) is 13.8. The summed E-state index contributed by atoms with van der Waals surface area (Å²) >= 11 is 1.62. The molecule has 3 rings (SSSR count). The van der Waals surface area contributed by atoms with Gasteiger partial charge in [0.1, 0.15) is 5.76 Å². The molecule has 0 saturated carbocycles. The molecule has 2 aromatic heterocycles. The Hall–Kier alpha value is -2.59. The van der Waals surface area contributed by atoms with Crippen molar-refractivity contribution in [3.05, 3.63) is 93.6 Å². The van der Waals surface area contributed by atoms with Crippen molar-refractivity contribution in [1.82, 2.24) is 5.32 Å². The van der Waals surface area contributed by atoms with Gasteiger partial charge in [-0.1, -0.05) is 45.0 Å². The third-order valence-electron chi connectivity index (χ3n) is 5.12. The van der Waals surface area contributed by atoms with E-state index < -0.39 is 0 Å². The zero-order chi connectivity index (χ0) is 21.0. The first kappa shape index (κ1) is 21.1. The Morgan fingerprint density at radius 3 is 2.69 bits per heavy atom. The summed E-state index contributed by atoms with van der Waals surface area (Å²) in [5.74, 6) is 0.934. The molecular weight excluding hydrogens is 378 g/mol. The molecule has 3 aromatic rings. The van der Waals surface area contributed by atoms with Crippen LogP contribution >= 0.6 is 11.3 Å². The zero-order valence-electron chi connectivity index (χ0n) is 17.6. The Kier molecular flexibility index (Phi) is 6.43. The van der Waals surface area contributed by atoms with Gasteiger partial charge in [-0.3, -0.25) is 4.79 Å². The summed E-state index contributed by atoms with van der Waals surface area (Å²) in [6, 6.07) is 12.2. The highest BCUT2D eigenvalue weighted by molar-refractivity contribution is 7.08. The Morgan fingerprint density at radius 2 is 2.03 bits per heavy atom. The molecule has 1 N–H and O–H groups in total. The number of hydrogen-bond donors (Lipinski definition) is 1. The summed E-state index contributed by atoms with van der Waals surface area (Å²) in [5.41, 5.74) is 4.93. The van der Waals surface area contributed by atoms with E-state index in [1.807, 2.05) is 29.0 Å². The fraction of sp³-hybridized carbons (Fsp3) is 0.320. The summed E-state index contributed by atoms with van der Waals surface area (Å²) in [5, 5.41) is 7.12. The van der Waals surface area contributed by atoms with Crippen molar-refractivity contribution >= 4 is 17.2 Å². The molecule has 0 aliphatic carbocycles. The molecular formula is C25H29NO2S. The van der Waals surface area contributed by atoms with Gasteiger partial charge in [0.25, 0.3) is 5.91 Å². The minimum atomic E-state index is -0.200. The fourth-order valence-electron chi connectivity index (χ4n) is 3.26. The number of benzene rings is 1. The lowest BCUT2D eigenvalue weighted by Crippen LogP contribution is -2.27. The van der Waals surface area contributed by atoms with E-state index in [9.17, 15) is 4.79 Å². The highest BCUT2D eigenvalue weighted by Gasteiger charge is 2.19. The van der Waals surface area contributed by atoms with Crippen molar-refractivity contribution in [2.24, 2.45) is 0 Å². The third kappa shape index (κ3) is 5.27. The van der Waals surface area contributed by atoms with E-state index in [2.05, 4.69) is 57.8 Å². The molecule has 1 unspecified atom stereocenters. The van der Waals surface area contributed by atoms with Crippen molar-refractivity contribution in [3.8, 4) is 0 Å². The van der Waals surface area contributed by atoms with Gasteiger partial charge < -0.3 is 9.73 Å². The van der Waals surface area contributed by atoms with E-state index >= 15 is 0 Å². The molecule has 2 heterocycles. The van der Waals surface area contributed by atoms with Crippen LogP contribution in [0, 0.1) is 6.92 Å². The van der Waals surface area contributed by atoms with Gasteiger partial charge in [0.15, 0.2) is 5.76 Å². The van der Waals surface area contributed by atoms with Gasteiger partial charge in [-0.05, 0) is 70.0 Å². The standard InChI is InChI=1S/C25H29NO2S/c1-6-7-22(18-12-13-29-16-18)26-24(27)23-11-10-21(28-23)15-19-14-20(25(3,4)5)9-8-17(19)2/h6,8-14,16,22H,1,7,15H2,2-5H3,(H,26,27). The summed E-state index contributed by atoms with van der Waals surface area (Å²) in [4.78, 5) is 12.7. The normalized spacial score (nSPS) is 12.6. The topological polar surface area (TPSA) is 42.2 Å². The Morgan fingerprint density at radius 1 is 1.24 bits per heavy atom. The van der Waals surface area contributed by atoms with Crippen LogP contribution in [0.15, 0.2) is 64.2 Å². The lowest BCUT2D eigenvalue weighted by Gasteiger charge is -2.20. The van der Waals surface area contributed by atoms with Gasteiger partial charge in [-0.15, -0.1) is 6.58 Å². The van der Waals surface area contributed by atoms with Crippen LogP contribution in [-0.4, -0.2) is 5.91 Å². The smallest absolute Gasteiger partial charge is 0.287 e. The molecule has 152 valence electrons. The van der Waals surface area contributed by atoms with Gasteiger partial charge in [-0.25, -0.2) is 0 Å². The SMILES string of the molecule is C=CCC(NC(=O)c1ccc(Cc2cc(C(C)(C)C)ccc2C)o1)c1ccsc1. The van der Waals surface area contributed by atoms with Gasteiger partial charge in [0.2, 0.25) is 0 Å². The minimum absolute atomic E-state index is 0.0921. The number of aryl methyl sites for hydroxylation is 1. The lowest BCUT2D eigenvalue weighted by molar-refractivity contribution is 0.0907. The Balaban J connectivity index is 1.74. The van der Waals surface area contributed by atoms with E-state index in [0.717, 1.165) is 11.3 Å². The Bertz CT molecular complexity index is 977. The van der Waals surface area contributed by atoms with Crippen molar-refractivity contribution in [2.75, 3.05) is 0 Å². The second-order valence-corrected chi connectivity index (χ2v) is 9.22. The molecule has 3 nitrogen and oxygen atoms in total. The molecule has 29 heavy (non-hydrogen) atoms. The number of furan rings is 1. The first-order valence-electron chi connectivity index (χ1n) is 9.90. The van der Waals surface area contributed by atoms with Crippen molar-refractivity contribution in [3.63, 3.8) is 0 Å². The molecule has 1 atom stereocenters. The number of rotatable bonds is 7. The van der Waals surface area contributed by atoms with Crippen LogP contribution in [-0.2, 0) is 11.8 Å². The van der Waals surface area contributed by atoms with Crippen molar-refractivity contribution < 1.29 is 9.21 Å². The molecule has 0 radical (unpaired) electrons. The predicted octanol–water partition coefficient (Wildman–Crippen LogP) is 6.59. The molecule has 0 aliphatic rings. The summed E-state index contributed by atoms with van der Waals surface area (Å²) in [7, 11) is 0. The van der Waals surface area contributed by atoms with Crippen LogP contribution in [0.2, 0.25) is 0 Å². The molecule has 1 aromatic carbocycles. The average molecular weight is 408 g/mol. The quantitative estimate of drug-likeness (QED) is 0.449. The molecule has 0 spiro atoms. The van der Waals surface area contributed by atoms with Crippen molar-refractivity contribution in [1.29, 1.82) is 0 Å². The summed E-state index contributed by atoms with van der Waals surface area (Å²) in [6.45, 7) is 12.5. The maximum atomic E-state index is 12.7. The number of carbonyl (C=O) groups excluding carboxylic acids is 1. The number of carbonyl (C=O) groups is 1. The summed E-state index contributed by atoms with van der Waals surface area (Å²) < 4.78 is 5.89.